The van der Waals surface area contributed by atoms with Crippen LogP contribution in [-0.4, -0.2) is 25.9 Å². The van der Waals surface area contributed by atoms with Crippen molar-refractivity contribution >= 4 is 11.6 Å². The summed E-state index contributed by atoms with van der Waals surface area (Å²) in [6, 6.07) is 4.35. The van der Waals surface area contributed by atoms with E-state index in [4.69, 9.17) is 21.1 Å². The van der Waals surface area contributed by atoms with Gasteiger partial charge in [0.05, 0.1) is 12.7 Å². The monoisotopic (exact) mass is 295 g/mol. The molecule has 1 aromatic carbocycles. The molecule has 0 bridgehead atoms. The normalized spacial score (nSPS) is 26.4. The van der Waals surface area contributed by atoms with Crippen LogP contribution in [0.4, 0.5) is 0 Å². The molecule has 0 aliphatic carbocycles. The lowest BCUT2D eigenvalue weighted by atomic mass is 9.87. The lowest BCUT2D eigenvalue weighted by Gasteiger charge is -2.28. The van der Waals surface area contributed by atoms with Crippen molar-refractivity contribution in [2.75, 3.05) is 19.8 Å². The molecule has 3 nitrogen and oxygen atoms in total. The summed E-state index contributed by atoms with van der Waals surface area (Å²) in [5.74, 6) is 1.51. The van der Waals surface area contributed by atoms with E-state index in [0.717, 1.165) is 43.4 Å². The Kier molecular flexibility index (Phi) is 4.20. The number of hydrogen-bond donors (Lipinski definition) is 1. The second kappa shape index (κ2) is 5.92. The zero-order valence-electron chi connectivity index (χ0n) is 12.1. The number of fused-ring (bicyclic) bond motifs is 1. The molecular formula is C16H22ClNO2. The molecule has 2 aliphatic heterocycles. The van der Waals surface area contributed by atoms with Crippen LogP contribution in [-0.2, 0) is 11.2 Å². The van der Waals surface area contributed by atoms with Gasteiger partial charge in [-0.25, -0.2) is 0 Å². The van der Waals surface area contributed by atoms with Gasteiger partial charge in [-0.1, -0.05) is 18.5 Å². The average Bonchev–Trinajstić information content (AvgIpc) is 3.04. The zero-order valence-corrected chi connectivity index (χ0v) is 12.9. The van der Waals surface area contributed by atoms with Gasteiger partial charge in [-0.2, -0.15) is 0 Å². The zero-order chi connectivity index (χ0) is 14.1. The second-order valence-electron chi connectivity index (χ2n) is 5.65. The molecule has 1 saturated heterocycles. The smallest absolute Gasteiger partial charge is 0.127 e. The van der Waals surface area contributed by atoms with E-state index in [-0.39, 0.29) is 12.1 Å². The molecule has 20 heavy (non-hydrogen) atoms. The first-order valence-electron chi connectivity index (χ1n) is 7.50. The maximum atomic E-state index is 6.30. The van der Waals surface area contributed by atoms with Gasteiger partial charge in [0, 0.05) is 35.6 Å². The van der Waals surface area contributed by atoms with Gasteiger partial charge in [-0.15, -0.1) is 0 Å². The predicted molar refractivity (Wildman–Crippen MR) is 80.6 cm³/mol. The van der Waals surface area contributed by atoms with Gasteiger partial charge in [0.25, 0.3) is 0 Å². The predicted octanol–water partition coefficient (Wildman–Crippen LogP) is 3.35. The Morgan fingerprint density at radius 3 is 2.95 bits per heavy atom. The molecule has 0 spiro atoms. The van der Waals surface area contributed by atoms with Crippen molar-refractivity contribution in [1.82, 2.24) is 5.32 Å². The highest BCUT2D eigenvalue weighted by Crippen LogP contribution is 2.42. The van der Waals surface area contributed by atoms with Gasteiger partial charge in [-0.05, 0) is 37.6 Å². The van der Waals surface area contributed by atoms with Crippen molar-refractivity contribution in [1.29, 1.82) is 0 Å². The minimum absolute atomic E-state index is 0.253. The van der Waals surface area contributed by atoms with E-state index in [1.165, 1.54) is 11.1 Å². The van der Waals surface area contributed by atoms with E-state index in [1.807, 2.05) is 6.07 Å². The maximum Gasteiger partial charge on any atom is 0.127 e. The van der Waals surface area contributed by atoms with Crippen LogP contribution in [0.5, 0.6) is 5.75 Å². The molecule has 0 radical (unpaired) electrons. The minimum Gasteiger partial charge on any atom is -0.493 e. The molecule has 0 saturated carbocycles. The van der Waals surface area contributed by atoms with E-state index in [0.29, 0.717) is 5.92 Å². The third-order valence-corrected chi connectivity index (χ3v) is 4.62. The Bertz CT molecular complexity index is 492. The summed E-state index contributed by atoms with van der Waals surface area (Å²) in [5, 5.41) is 4.41. The molecule has 3 atom stereocenters. The first-order chi connectivity index (χ1) is 9.70. The van der Waals surface area contributed by atoms with Gasteiger partial charge in [0.1, 0.15) is 5.75 Å². The van der Waals surface area contributed by atoms with Crippen LogP contribution in [0.1, 0.15) is 37.4 Å². The first-order valence-corrected chi connectivity index (χ1v) is 7.88. The van der Waals surface area contributed by atoms with Crippen molar-refractivity contribution in [2.45, 2.75) is 38.8 Å². The Balaban J connectivity index is 1.99. The second-order valence-corrected chi connectivity index (χ2v) is 6.08. The van der Waals surface area contributed by atoms with Crippen molar-refractivity contribution < 1.29 is 9.47 Å². The average molecular weight is 296 g/mol. The van der Waals surface area contributed by atoms with E-state index in [9.17, 15) is 0 Å². The Hall–Kier alpha value is -0.770. The first kappa shape index (κ1) is 14.2. The molecule has 2 heterocycles. The van der Waals surface area contributed by atoms with Crippen LogP contribution < -0.4 is 10.1 Å². The van der Waals surface area contributed by atoms with E-state index in [2.05, 4.69) is 25.2 Å². The Labute approximate surface area is 125 Å². The van der Waals surface area contributed by atoms with Gasteiger partial charge >= 0.3 is 0 Å². The van der Waals surface area contributed by atoms with Crippen LogP contribution in [0.15, 0.2) is 12.1 Å². The highest BCUT2D eigenvalue weighted by atomic mass is 35.5. The van der Waals surface area contributed by atoms with Crippen molar-refractivity contribution in [3.05, 3.63) is 28.3 Å². The third kappa shape index (κ3) is 2.54. The summed E-state index contributed by atoms with van der Waals surface area (Å²) in [6.45, 7) is 6.83. The van der Waals surface area contributed by atoms with Crippen LogP contribution >= 0.6 is 11.6 Å². The Morgan fingerprint density at radius 1 is 1.40 bits per heavy atom. The summed E-state index contributed by atoms with van der Waals surface area (Å²) in [6.07, 6.45) is 2.31. The van der Waals surface area contributed by atoms with Crippen LogP contribution in [0.3, 0.4) is 0 Å². The van der Waals surface area contributed by atoms with Gasteiger partial charge < -0.3 is 14.8 Å². The number of nitrogens with one attached hydrogen (secondary N) is 1. The lowest BCUT2D eigenvalue weighted by Crippen LogP contribution is -2.32. The molecule has 3 unspecified atom stereocenters. The molecule has 0 amide bonds. The largest absolute Gasteiger partial charge is 0.493 e. The molecule has 1 fully saturated rings. The molecule has 2 aliphatic rings. The fraction of sp³-hybridized carbons (Fsp3) is 0.625. The van der Waals surface area contributed by atoms with Crippen molar-refractivity contribution in [3.63, 3.8) is 0 Å². The van der Waals surface area contributed by atoms with Gasteiger partial charge in [-0.3, -0.25) is 0 Å². The highest BCUT2D eigenvalue weighted by molar-refractivity contribution is 6.30. The topological polar surface area (TPSA) is 30.5 Å². The van der Waals surface area contributed by atoms with Crippen molar-refractivity contribution in [3.8, 4) is 5.75 Å². The lowest BCUT2D eigenvalue weighted by molar-refractivity contribution is 0.0952. The maximum absolute atomic E-state index is 6.30. The summed E-state index contributed by atoms with van der Waals surface area (Å²) >= 11 is 6.30. The molecule has 3 rings (SSSR count). The van der Waals surface area contributed by atoms with Crippen molar-refractivity contribution in [2.24, 2.45) is 5.92 Å². The molecule has 1 N–H and O–H groups in total. The SMILES string of the molecule is CCNC(c1cc(Cl)cc2c1OCC2)C1CCOC1C. The summed E-state index contributed by atoms with van der Waals surface area (Å²) in [4.78, 5) is 0. The van der Waals surface area contributed by atoms with Crippen LogP contribution in [0.25, 0.3) is 0 Å². The fourth-order valence-electron chi connectivity index (χ4n) is 3.43. The summed E-state index contributed by atoms with van der Waals surface area (Å²) < 4.78 is 11.6. The van der Waals surface area contributed by atoms with E-state index in [1.54, 1.807) is 0 Å². The van der Waals surface area contributed by atoms with Gasteiger partial charge in [0.15, 0.2) is 0 Å². The molecule has 110 valence electrons. The number of hydrogen-bond acceptors (Lipinski definition) is 3. The molecule has 1 aromatic rings. The number of rotatable bonds is 4. The number of benzene rings is 1. The third-order valence-electron chi connectivity index (χ3n) is 4.40. The summed E-state index contributed by atoms with van der Waals surface area (Å²) in [7, 11) is 0. The molecule has 4 heteroatoms. The number of ether oxygens (including phenoxy) is 2. The van der Waals surface area contributed by atoms with Gasteiger partial charge in [0.2, 0.25) is 0 Å². The molecule has 0 aromatic heterocycles. The molecular weight excluding hydrogens is 274 g/mol. The highest BCUT2D eigenvalue weighted by Gasteiger charge is 2.35. The minimum atomic E-state index is 0.253. The summed E-state index contributed by atoms with van der Waals surface area (Å²) in [5.41, 5.74) is 2.44. The standard InChI is InChI=1S/C16H22ClNO2/c1-3-18-15(13-5-7-19-10(13)2)14-9-12(17)8-11-4-6-20-16(11)14/h8-10,13,15,18H,3-7H2,1-2H3. The quantitative estimate of drug-likeness (QED) is 0.924. The number of halogens is 1. The van der Waals surface area contributed by atoms with E-state index >= 15 is 0 Å². The van der Waals surface area contributed by atoms with Crippen LogP contribution in [0, 0.1) is 5.92 Å². The Morgan fingerprint density at radius 2 is 2.25 bits per heavy atom. The van der Waals surface area contributed by atoms with Crippen LogP contribution in [0.2, 0.25) is 5.02 Å². The fourth-order valence-corrected chi connectivity index (χ4v) is 3.68. The van der Waals surface area contributed by atoms with E-state index < -0.39 is 0 Å².